The molecule has 126 valence electrons. The van der Waals surface area contributed by atoms with Crippen LogP contribution in [0.4, 0.5) is 0 Å². The first kappa shape index (κ1) is 16.6. The molecule has 2 aromatic rings. The first-order valence-corrected chi connectivity index (χ1v) is 8.86. The minimum atomic E-state index is 0.112. The topological polar surface area (TPSA) is 59.1 Å². The molecule has 3 nitrogen and oxygen atoms in total. The highest BCUT2D eigenvalue weighted by molar-refractivity contribution is 5.94. The summed E-state index contributed by atoms with van der Waals surface area (Å²) < 4.78 is 5.96. The zero-order valence-corrected chi connectivity index (χ0v) is 14.1. The molecular weight excluding hydrogens is 296 g/mol. The predicted molar refractivity (Wildman–Crippen MR) is 98.8 cm³/mol. The average Bonchev–Trinajstić information content (AvgIpc) is 2.62. The van der Waals surface area contributed by atoms with Gasteiger partial charge in [0, 0.05) is 5.56 Å². The van der Waals surface area contributed by atoms with E-state index in [1.54, 1.807) is 0 Å². The van der Waals surface area contributed by atoms with Crippen molar-refractivity contribution in [3.05, 3.63) is 65.2 Å². The Kier molecular flexibility index (Phi) is 5.52. The van der Waals surface area contributed by atoms with Crippen LogP contribution in [0.25, 0.3) is 0 Å². The van der Waals surface area contributed by atoms with Crippen LogP contribution in [0.1, 0.15) is 48.8 Å². The molecular formula is C21H26N2O. The molecule has 0 aliphatic heterocycles. The Balaban J connectivity index is 1.53. The fourth-order valence-electron chi connectivity index (χ4n) is 3.31. The summed E-state index contributed by atoms with van der Waals surface area (Å²) in [4.78, 5) is 0. The van der Waals surface area contributed by atoms with E-state index >= 15 is 0 Å². The van der Waals surface area contributed by atoms with E-state index in [1.165, 1.54) is 43.2 Å². The van der Waals surface area contributed by atoms with Crippen LogP contribution >= 0.6 is 0 Å². The summed E-state index contributed by atoms with van der Waals surface area (Å²) in [6.07, 6.45) is 7.60. The van der Waals surface area contributed by atoms with Crippen molar-refractivity contribution in [3.63, 3.8) is 0 Å². The van der Waals surface area contributed by atoms with E-state index in [-0.39, 0.29) is 5.84 Å². The number of hydrogen-bond acceptors (Lipinski definition) is 2. The van der Waals surface area contributed by atoms with E-state index < -0.39 is 0 Å². The summed E-state index contributed by atoms with van der Waals surface area (Å²) >= 11 is 0. The van der Waals surface area contributed by atoms with Crippen LogP contribution in [0.2, 0.25) is 0 Å². The van der Waals surface area contributed by atoms with Crippen molar-refractivity contribution >= 4 is 5.84 Å². The number of nitrogens with two attached hydrogens (primary N) is 1. The Labute approximate surface area is 144 Å². The fourth-order valence-corrected chi connectivity index (χ4v) is 3.31. The van der Waals surface area contributed by atoms with Gasteiger partial charge in [0.1, 0.15) is 11.6 Å². The van der Waals surface area contributed by atoms with Crippen molar-refractivity contribution < 1.29 is 4.74 Å². The molecule has 2 aromatic carbocycles. The lowest BCUT2D eigenvalue weighted by Gasteiger charge is -2.21. The van der Waals surface area contributed by atoms with Crippen molar-refractivity contribution in [3.8, 4) is 5.75 Å². The smallest absolute Gasteiger partial charge is 0.122 e. The van der Waals surface area contributed by atoms with Crippen LogP contribution in [0.15, 0.2) is 48.5 Å². The maximum atomic E-state index is 7.43. The Hall–Kier alpha value is -2.29. The molecule has 0 unspecified atom stereocenters. The lowest BCUT2D eigenvalue weighted by molar-refractivity contribution is 0.209. The molecule has 0 atom stereocenters. The standard InChI is InChI=1S/C21H26N2O/c22-21(23)19-10-6-16(7-11-19)14-17-8-12-20(13-9-17)24-15-18-4-2-1-3-5-18/h6-13,18H,1-5,14-15H2,(H3,22,23). The fraction of sp³-hybridized carbons (Fsp3) is 0.381. The first-order valence-electron chi connectivity index (χ1n) is 8.86. The van der Waals surface area contributed by atoms with Crippen molar-refractivity contribution in [2.75, 3.05) is 6.61 Å². The van der Waals surface area contributed by atoms with Crippen LogP contribution in [-0.4, -0.2) is 12.4 Å². The van der Waals surface area contributed by atoms with Gasteiger partial charge in [-0.2, -0.15) is 0 Å². The number of ether oxygens (including phenoxy) is 1. The highest BCUT2D eigenvalue weighted by atomic mass is 16.5. The van der Waals surface area contributed by atoms with Crippen molar-refractivity contribution in [1.29, 1.82) is 5.41 Å². The number of nitrogens with one attached hydrogen (secondary N) is 1. The molecule has 0 spiro atoms. The Morgan fingerprint density at radius 1 is 0.917 bits per heavy atom. The Morgan fingerprint density at radius 3 is 2.08 bits per heavy atom. The van der Waals surface area contributed by atoms with Gasteiger partial charge < -0.3 is 10.5 Å². The third-order valence-corrected chi connectivity index (χ3v) is 4.81. The van der Waals surface area contributed by atoms with Gasteiger partial charge in [-0.3, -0.25) is 5.41 Å². The van der Waals surface area contributed by atoms with Crippen molar-refractivity contribution in [1.82, 2.24) is 0 Å². The molecule has 24 heavy (non-hydrogen) atoms. The van der Waals surface area contributed by atoms with E-state index in [4.69, 9.17) is 15.9 Å². The van der Waals surface area contributed by atoms with E-state index in [2.05, 4.69) is 24.3 Å². The third-order valence-electron chi connectivity index (χ3n) is 4.81. The van der Waals surface area contributed by atoms with Gasteiger partial charge in [0.25, 0.3) is 0 Å². The SMILES string of the molecule is N=C(N)c1ccc(Cc2ccc(OCC3CCCCC3)cc2)cc1. The highest BCUT2D eigenvalue weighted by Gasteiger charge is 2.13. The lowest BCUT2D eigenvalue weighted by atomic mass is 9.90. The minimum absolute atomic E-state index is 0.112. The molecule has 3 N–H and O–H groups in total. The molecule has 0 amide bonds. The third kappa shape index (κ3) is 4.60. The summed E-state index contributed by atoms with van der Waals surface area (Å²) in [5.41, 5.74) is 8.73. The average molecular weight is 322 g/mol. The Morgan fingerprint density at radius 2 is 1.50 bits per heavy atom. The number of hydrogen-bond donors (Lipinski definition) is 2. The predicted octanol–water partition coefficient (Wildman–Crippen LogP) is 4.52. The largest absolute Gasteiger partial charge is 0.493 e. The number of nitrogen functional groups attached to an aromatic ring is 1. The zero-order chi connectivity index (χ0) is 16.8. The normalized spacial score (nSPS) is 15.2. The molecule has 0 bridgehead atoms. The maximum Gasteiger partial charge on any atom is 0.122 e. The van der Waals surface area contributed by atoms with E-state index in [9.17, 15) is 0 Å². The minimum Gasteiger partial charge on any atom is -0.493 e. The molecule has 3 rings (SSSR count). The highest BCUT2D eigenvalue weighted by Crippen LogP contribution is 2.25. The monoisotopic (exact) mass is 322 g/mol. The van der Waals surface area contributed by atoms with E-state index in [0.717, 1.165) is 30.3 Å². The van der Waals surface area contributed by atoms with Gasteiger partial charge in [0.05, 0.1) is 6.61 Å². The van der Waals surface area contributed by atoms with Gasteiger partial charge in [0.15, 0.2) is 0 Å². The summed E-state index contributed by atoms with van der Waals surface area (Å²) in [7, 11) is 0. The second-order valence-electron chi connectivity index (χ2n) is 6.75. The number of benzene rings is 2. The van der Waals surface area contributed by atoms with E-state index in [1.807, 2.05) is 24.3 Å². The number of amidine groups is 1. The first-order chi connectivity index (χ1) is 11.7. The van der Waals surface area contributed by atoms with E-state index in [0.29, 0.717) is 0 Å². The molecule has 1 saturated carbocycles. The molecule has 3 heteroatoms. The van der Waals surface area contributed by atoms with Gasteiger partial charge >= 0.3 is 0 Å². The van der Waals surface area contributed by atoms with Crippen LogP contribution < -0.4 is 10.5 Å². The van der Waals surface area contributed by atoms with Crippen molar-refractivity contribution in [2.24, 2.45) is 11.7 Å². The quantitative estimate of drug-likeness (QED) is 0.607. The van der Waals surface area contributed by atoms with Gasteiger partial charge in [-0.05, 0) is 48.4 Å². The van der Waals surface area contributed by atoms with Gasteiger partial charge in [-0.1, -0.05) is 55.7 Å². The zero-order valence-electron chi connectivity index (χ0n) is 14.1. The lowest BCUT2D eigenvalue weighted by Crippen LogP contribution is -2.15. The summed E-state index contributed by atoms with van der Waals surface area (Å²) in [5.74, 6) is 1.82. The van der Waals surface area contributed by atoms with Crippen LogP contribution in [0.5, 0.6) is 5.75 Å². The second kappa shape index (κ2) is 8.00. The molecule has 0 heterocycles. The summed E-state index contributed by atoms with van der Waals surface area (Å²) in [6.45, 7) is 0.853. The molecule has 1 aliphatic rings. The van der Waals surface area contributed by atoms with Crippen molar-refractivity contribution in [2.45, 2.75) is 38.5 Å². The second-order valence-corrected chi connectivity index (χ2v) is 6.75. The van der Waals surface area contributed by atoms with Gasteiger partial charge in [0.2, 0.25) is 0 Å². The summed E-state index contributed by atoms with van der Waals surface area (Å²) in [6, 6.07) is 16.3. The van der Waals surface area contributed by atoms with Gasteiger partial charge in [-0.15, -0.1) is 0 Å². The molecule has 0 aromatic heterocycles. The molecule has 1 aliphatic carbocycles. The number of rotatable bonds is 6. The maximum absolute atomic E-state index is 7.43. The summed E-state index contributed by atoms with van der Waals surface area (Å²) in [5, 5.41) is 7.43. The van der Waals surface area contributed by atoms with Gasteiger partial charge in [-0.25, -0.2) is 0 Å². The molecule has 0 saturated heterocycles. The van der Waals surface area contributed by atoms with Crippen LogP contribution in [-0.2, 0) is 6.42 Å². The molecule has 0 radical (unpaired) electrons. The molecule has 1 fully saturated rings. The van der Waals surface area contributed by atoms with Crippen LogP contribution in [0, 0.1) is 11.3 Å². The Bertz CT molecular complexity index is 655. The van der Waals surface area contributed by atoms with Crippen LogP contribution in [0.3, 0.4) is 0 Å².